The molecule has 0 aliphatic rings. The van der Waals surface area contributed by atoms with Gasteiger partial charge in [-0.15, -0.1) is 0 Å². The van der Waals surface area contributed by atoms with Gasteiger partial charge in [-0.2, -0.15) is 0 Å². The molecule has 0 spiro atoms. The smallest absolute Gasteiger partial charge is 0.0106 e. The van der Waals surface area contributed by atoms with Crippen molar-refractivity contribution in [1.29, 1.82) is 0 Å². The van der Waals surface area contributed by atoms with E-state index in [1.165, 1.54) is 51.4 Å². The fraction of sp³-hybridized carbons (Fsp3) is 0.833. The van der Waals surface area contributed by atoms with E-state index in [4.69, 9.17) is 0 Å². The van der Waals surface area contributed by atoms with Crippen LogP contribution in [0.15, 0.2) is 0 Å². The highest BCUT2D eigenvalue weighted by Gasteiger charge is 1.89. The lowest BCUT2D eigenvalue weighted by Crippen LogP contribution is -1.79. The van der Waals surface area contributed by atoms with Gasteiger partial charge in [0.1, 0.15) is 0 Å². The molecule has 0 rings (SSSR count). The summed E-state index contributed by atoms with van der Waals surface area (Å²) in [6.45, 7) is 2.26. The molecule has 0 radical (unpaired) electrons. The average molecular weight is 245 g/mol. The van der Waals surface area contributed by atoms with Crippen molar-refractivity contribution >= 4 is 15.9 Å². The number of hydrogen-bond acceptors (Lipinski definition) is 0. The van der Waals surface area contributed by atoms with Crippen LogP contribution < -0.4 is 0 Å². The molecule has 0 amide bonds. The van der Waals surface area contributed by atoms with Crippen LogP contribution in [0.4, 0.5) is 0 Å². The Balaban J connectivity index is 2.86. The Bertz CT molecular complexity index is 141. The van der Waals surface area contributed by atoms with E-state index >= 15 is 0 Å². The third kappa shape index (κ3) is 12.0. The summed E-state index contributed by atoms with van der Waals surface area (Å²) in [4.78, 5) is 2.75. The zero-order valence-corrected chi connectivity index (χ0v) is 10.3. The van der Waals surface area contributed by atoms with Crippen LogP contribution in [0.5, 0.6) is 0 Å². The van der Waals surface area contributed by atoms with Gasteiger partial charge in [-0.1, -0.05) is 57.8 Å². The van der Waals surface area contributed by atoms with Crippen molar-refractivity contribution in [2.75, 3.05) is 0 Å². The molecule has 76 valence electrons. The van der Waals surface area contributed by atoms with E-state index in [0.29, 0.717) is 0 Å². The van der Waals surface area contributed by atoms with Gasteiger partial charge >= 0.3 is 0 Å². The second-order valence-corrected chi connectivity index (χ2v) is 3.89. The predicted molar refractivity (Wildman–Crippen MR) is 63.9 cm³/mol. The molecule has 13 heavy (non-hydrogen) atoms. The topological polar surface area (TPSA) is 0 Å². The van der Waals surface area contributed by atoms with Gasteiger partial charge < -0.3 is 0 Å². The van der Waals surface area contributed by atoms with E-state index in [1.807, 2.05) is 0 Å². The Kier molecular flexibility index (Phi) is 12.1. The highest BCUT2D eigenvalue weighted by atomic mass is 79.9. The molecule has 0 saturated heterocycles. The van der Waals surface area contributed by atoms with Gasteiger partial charge in [0.05, 0.1) is 0 Å². The second-order valence-electron chi connectivity index (χ2n) is 3.50. The lowest BCUT2D eigenvalue weighted by atomic mass is 10.1. The predicted octanol–water partition coefficient (Wildman–Crippen LogP) is 4.87. The first kappa shape index (κ1) is 13.0. The zero-order valence-electron chi connectivity index (χ0n) is 8.74. The first-order valence-electron chi connectivity index (χ1n) is 5.50. The molecule has 0 aliphatic carbocycles. The summed E-state index contributed by atoms with van der Waals surface area (Å²) in [7, 11) is 0. The van der Waals surface area contributed by atoms with E-state index in [9.17, 15) is 0 Å². The summed E-state index contributed by atoms with van der Waals surface area (Å²) in [5.41, 5.74) is 0. The standard InChI is InChI=1S/C12H21Br/c1-2-3-4-5-6-7-8-9-10-11-12-13/h2-10H2,1H3. The van der Waals surface area contributed by atoms with E-state index < -0.39 is 0 Å². The third-order valence-electron chi connectivity index (χ3n) is 2.22. The Hall–Kier alpha value is 0.0400. The molecule has 0 nitrogen and oxygen atoms in total. The molecular formula is C12H21Br. The summed E-state index contributed by atoms with van der Waals surface area (Å²) >= 11 is 3.10. The summed E-state index contributed by atoms with van der Waals surface area (Å²) < 4.78 is 0. The fourth-order valence-corrected chi connectivity index (χ4v) is 1.59. The molecule has 0 aromatic heterocycles. The van der Waals surface area contributed by atoms with Crippen LogP contribution in [0.2, 0.25) is 0 Å². The Morgan fingerprint density at radius 1 is 0.846 bits per heavy atom. The first-order chi connectivity index (χ1) is 6.41. The van der Waals surface area contributed by atoms with Crippen LogP contribution in [0.25, 0.3) is 0 Å². The minimum absolute atomic E-state index is 1.06. The Labute approximate surface area is 91.6 Å². The molecule has 0 heterocycles. The van der Waals surface area contributed by atoms with Crippen molar-refractivity contribution < 1.29 is 0 Å². The van der Waals surface area contributed by atoms with Crippen LogP contribution in [0.3, 0.4) is 0 Å². The van der Waals surface area contributed by atoms with E-state index in [0.717, 1.165) is 6.42 Å². The van der Waals surface area contributed by atoms with Crippen molar-refractivity contribution in [2.45, 2.75) is 64.7 Å². The monoisotopic (exact) mass is 244 g/mol. The second kappa shape index (κ2) is 12.0. The van der Waals surface area contributed by atoms with Crippen molar-refractivity contribution in [3.63, 3.8) is 0 Å². The van der Waals surface area contributed by atoms with Crippen molar-refractivity contribution in [3.8, 4) is 10.8 Å². The fourth-order valence-electron chi connectivity index (χ4n) is 1.39. The van der Waals surface area contributed by atoms with E-state index in [2.05, 4.69) is 33.6 Å². The highest BCUT2D eigenvalue weighted by Crippen LogP contribution is 2.08. The quantitative estimate of drug-likeness (QED) is 0.422. The normalized spacial score (nSPS) is 9.38. The average Bonchev–Trinajstić information content (AvgIpc) is 2.16. The number of rotatable bonds is 8. The molecular weight excluding hydrogens is 224 g/mol. The maximum absolute atomic E-state index is 3.10. The minimum atomic E-state index is 1.06. The van der Waals surface area contributed by atoms with Gasteiger partial charge in [0.2, 0.25) is 0 Å². The number of hydrogen-bond donors (Lipinski definition) is 0. The Morgan fingerprint density at radius 3 is 1.92 bits per heavy atom. The molecule has 0 N–H and O–H groups in total. The van der Waals surface area contributed by atoms with Gasteiger partial charge in [-0.25, -0.2) is 0 Å². The SMILES string of the molecule is CCCCCCCCCCC#CBr. The molecule has 0 aromatic rings. The van der Waals surface area contributed by atoms with Crippen LogP contribution >= 0.6 is 15.9 Å². The van der Waals surface area contributed by atoms with Gasteiger partial charge in [0.25, 0.3) is 0 Å². The summed E-state index contributed by atoms with van der Waals surface area (Å²) in [5, 5.41) is 0. The minimum Gasteiger partial charge on any atom is -0.0908 e. The van der Waals surface area contributed by atoms with Crippen LogP contribution in [-0.2, 0) is 0 Å². The molecule has 0 saturated carbocycles. The maximum atomic E-state index is 3.10. The summed E-state index contributed by atoms with van der Waals surface area (Å²) in [5.74, 6) is 3.03. The Morgan fingerprint density at radius 2 is 1.38 bits per heavy atom. The molecule has 1 heteroatoms. The first-order valence-corrected chi connectivity index (χ1v) is 6.29. The van der Waals surface area contributed by atoms with Gasteiger partial charge in [0.15, 0.2) is 0 Å². The molecule has 0 atom stereocenters. The maximum Gasteiger partial charge on any atom is 0.0106 e. The van der Waals surface area contributed by atoms with Crippen molar-refractivity contribution in [1.82, 2.24) is 0 Å². The third-order valence-corrected chi connectivity index (χ3v) is 2.50. The van der Waals surface area contributed by atoms with Crippen LogP contribution in [0.1, 0.15) is 64.7 Å². The lowest BCUT2D eigenvalue weighted by Gasteiger charge is -1.98. The van der Waals surface area contributed by atoms with Crippen LogP contribution in [0, 0.1) is 10.8 Å². The molecule has 0 unspecified atom stereocenters. The van der Waals surface area contributed by atoms with E-state index in [-0.39, 0.29) is 0 Å². The van der Waals surface area contributed by atoms with Gasteiger partial charge in [0, 0.05) is 22.4 Å². The lowest BCUT2D eigenvalue weighted by molar-refractivity contribution is 0.579. The van der Waals surface area contributed by atoms with Crippen molar-refractivity contribution in [2.24, 2.45) is 0 Å². The zero-order chi connectivity index (χ0) is 9.78. The van der Waals surface area contributed by atoms with Gasteiger partial charge in [-0.05, 0) is 11.3 Å². The number of unbranched alkanes of at least 4 members (excludes halogenated alkanes) is 8. The van der Waals surface area contributed by atoms with Crippen LogP contribution in [-0.4, -0.2) is 0 Å². The molecule has 0 fully saturated rings. The van der Waals surface area contributed by atoms with Gasteiger partial charge in [-0.3, -0.25) is 0 Å². The van der Waals surface area contributed by atoms with Crippen molar-refractivity contribution in [3.05, 3.63) is 0 Å². The largest absolute Gasteiger partial charge is 0.0908 e. The number of halogens is 1. The summed E-state index contributed by atoms with van der Waals surface area (Å²) in [6.07, 6.45) is 12.1. The molecule has 0 bridgehead atoms. The highest BCUT2D eigenvalue weighted by molar-refractivity contribution is 9.12. The molecule has 0 aliphatic heterocycles. The molecule has 0 aromatic carbocycles. The van der Waals surface area contributed by atoms with E-state index in [1.54, 1.807) is 0 Å². The summed E-state index contributed by atoms with van der Waals surface area (Å²) in [6, 6.07) is 0.